The maximum Gasteiger partial charge on any atom is 0.417 e. The van der Waals surface area contributed by atoms with Gasteiger partial charge in [-0.3, -0.25) is 0 Å². The van der Waals surface area contributed by atoms with Crippen LogP contribution in [-0.2, 0) is 21.7 Å². The molecule has 2 aromatic rings. The van der Waals surface area contributed by atoms with E-state index >= 15 is 0 Å². The van der Waals surface area contributed by atoms with Crippen molar-refractivity contribution in [3.8, 4) is 6.07 Å². The van der Waals surface area contributed by atoms with Gasteiger partial charge in [0.25, 0.3) is 0 Å². The van der Waals surface area contributed by atoms with E-state index in [2.05, 4.69) is 20.6 Å². The maximum atomic E-state index is 13.5. The molecule has 2 amide bonds. The number of sulfonamides is 1. The molecule has 1 heterocycles. The highest BCUT2D eigenvalue weighted by Crippen LogP contribution is 2.39. The number of nitriles is 1. The highest BCUT2D eigenvalue weighted by molar-refractivity contribution is 7.90. The summed E-state index contributed by atoms with van der Waals surface area (Å²) < 4.78 is 65.8. The standard InChI is InChI=1S/C25H25F3N6O3S/c26-25(27,28)19-7-3-2-6-18(19)17-8-13-24(14-9-17,38(30,36)37)34-22(35)33-23(11-4-1-5-12-23)20-10-15-31-21(16-29)32-20/h2-3,6-10,13,15H,1,4-5,11-12,14H2,(H2,30,36,37)(H2,33,34,35). The number of urea groups is 1. The summed E-state index contributed by atoms with van der Waals surface area (Å²) in [5.74, 6) is -0.0670. The van der Waals surface area contributed by atoms with Gasteiger partial charge in [-0.05, 0) is 42.2 Å². The van der Waals surface area contributed by atoms with Gasteiger partial charge in [0.1, 0.15) is 6.07 Å². The molecule has 9 nitrogen and oxygen atoms in total. The van der Waals surface area contributed by atoms with Crippen molar-refractivity contribution in [2.75, 3.05) is 0 Å². The van der Waals surface area contributed by atoms with E-state index in [1.165, 1.54) is 36.5 Å². The highest BCUT2D eigenvalue weighted by Gasteiger charge is 2.44. The molecule has 0 radical (unpaired) electrons. The average Bonchev–Trinajstić information content (AvgIpc) is 2.88. The van der Waals surface area contributed by atoms with Crippen LogP contribution < -0.4 is 15.8 Å². The zero-order chi connectivity index (χ0) is 27.6. The first-order valence-corrected chi connectivity index (χ1v) is 13.4. The molecule has 13 heteroatoms. The third-order valence-electron chi connectivity index (χ3n) is 6.84. The molecular formula is C25H25F3N6O3S. The zero-order valence-electron chi connectivity index (χ0n) is 20.1. The van der Waals surface area contributed by atoms with Gasteiger partial charge in [-0.1, -0.05) is 49.6 Å². The minimum Gasteiger partial charge on any atom is -0.327 e. The molecule has 4 rings (SSSR count). The third-order valence-corrected chi connectivity index (χ3v) is 8.26. The minimum atomic E-state index is -4.61. The number of nitrogens with zero attached hydrogens (tertiary/aromatic N) is 3. The van der Waals surface area contributed by atoms with E-state index in [4.69, 9.17) is 5.14 Å². The van der Waals surface area contributed by atoms with E-state index in [0.29, 0.717) is 18.5 Å². The summed E-state index contributed by atoms with van der Waals surface area (Å²) in [5, 5.41) is 20.0. The summed E-state index contributed by atoms with van der Waals surface area (Å²) >= 11 is 0. The van der Waals surface area contributed by atoms with Crippen LogP contribution in [0.15, 0.2) is 54.8 Å². The molecule has 0 spiro atoms. The molecule has 0 aliphatic heterocycles. The van der Waals surface area contributed by atoms with Crippen molar-refractivity contribution < 1.29 is 26.4 Å². The Balaban J connectivity index is 1.62. The summed E-state index contributed by atoms with van der Waals surface area (Å²) in [6.07, 6.45) is 3.46. The van der Waals surface area contributed by atoms with Crippen LogP contribution in [0, 0.1) is 11.3 Å². The molecule has 200 valence electrons. The molecule has 1 unspecified atom stereocenters. The Hall–Kier alpha value is -3.76. The Kier molecular flexibility index (Phi) is 7.31. The van der Waals surface area contributed by atoms with Gasteiger partial charge >= 0.3 is 12.2 Å². The van der Waals surface area contributed by atoms with Crippen LogP contribution in [0.4, 0.5) is 18.0 Å². The molecule has 1 saturated carbocycles. The van der Waals surface area contributed by atoms with Crippen molar-refractivity contribution in [1.29, 1.82) is 5.26 Å². The van der Waals surface area contributed by atoms with E-state index in [1.807, 2.05) is 6.07 Å². The van der Waals surface area contributed by atoms with Crippen molar-refractivity contribution in [1.82, 2.24) is 20.6 Å². The first-order valence-electron chi connectivity index (χ1n) is 11.8. The van der Waals surface area contributed by atoms with E-state index in [9.17, 15) is 31.6 Å². The van der Waals surface area contributed by atoms with Crippen LogP contribution in [0.3, 0.4) is 0 Å². The molecule has 2 aliphatic rings. The van der Waals surface area contributed by atoms with Crippen molar-refractivity contribution in [3.63, 3.8) is 0 Å². The number of benzene rings is 1. The Labute approximate surface area is 217 Å². The maximum absolute atomic E-state index is 13.5. The van der Waals surface area contributed by atoms with Gasteiger partial charge in [0.05, 0.1) is 16.8 Å². The molecule has 1 aromatic carbocycles. The number of halogens is 3. The number of hydrogen-bond acceptors (Lipinski definition) is 6. The number of rotatable bonds is 5. The number of nitrogens with two attached hydrogens (primary N) is 1. The van der Waals surface area contributed by atoms with Crippen molar-refractivity contribution in [3.05, 3.63) is 77.4 Å². The lowest BCUT2D eigenvalue weighted by molar-refractivity contribution is -0.137. The summed E-state index contributed by atoms with van der Waals surface area (Å²) in [6, 6.07) is 7.54. The first kappa shape index (κ1) is 27.3. The number of aromatic nitrogens is 2. The fraction of sp³-hybridized carbons (Fsp3) is 0.360. The van der Waals surface area contributed by atoms with Crippen molar-refractivity contribution in [2.45, 2.75) is 55.1 Å². The molecule has 1 aromatic heterocycles. The number of hydrogen-bond donors (Lipinski definition) is 3. The Morgan fingerprint density at radius 2 is 1.82 bits per heavy atom. The van der Waals surface area contributed by atoms with Gasteiger partial charge in [-0.25, -0.2) is 28.3 Å². The minimum absolute atomic E-state index is 0.0670. The van der Waals surface area contributed by atoms with Gasteiger partial charge < -0.3 is 10.6 Å². The molecule has 0 saturated heterocycles. The number of amides is 2. The van der Waals surface area contributed by atoms with Gasteiger partial charge in [-0.15, -0.1) is 0 Å². The summed E-state index contributed by atoms with van der Waals surface area (Å²) in [6.45, 7) is 0. The van der Waals surface area contributed by atoms with E-state index in [0.717, 1.165) is 31.4 Å². The summed E-state index contributed by atoms with van der Waals surface area (Å²) in [4.78, 5) is 19.3. The largest absolute Gasteiger partial charge is 0.417 e. The number of carbonyl (C=O) groups excluding carboxylic acids is 1. The van der Waals surface area contributed by atoms with Crippen molar-refractivity contribution in [2.24, 2.45) is 5.14 Å². The van der Waals surface area contributed by atoms with E-state index in [-0.39, 0.29) is 17.0 Å². The van der Waals surface area contributed by atoms with Crippen LogP contribution in [0.1, 0.15) is 61.2 Å². The van der Waals surface area contributed by atoms with Gasteiger partial charge in [-0.2, -0.15) is 18.4 Å². The normalized spacial score (nSPS) is 21.2. The van der Waals surface area contributed by atoms with E-state index in [1.54, 1.807) is 6.07 Å². The second kappa shape index (κ2) is 10.2. The predicted octanol–water partition coefficient (Wildman–Crippen LogP) is 3.85. The van der Waals surface area contributed by atoms with E-state index < -0.39 is 44.6 Å². The first-order chi connectivity index (χ1) is 17.9. The SMILES string of the molecule is N#Cc1nccc(C2(NC(=O)NC3(S(N)(=O)=O)C=CC(c4ccccc4C(F)(F)F)=CC3)CCCCC2)n1. The van der Waals surface area contributed by atoms with Crippen LogP contribution in [0.5, 0.6) is 0 Å². The second-order valence-electron chi connectivity index (χ2n) is 9.27. The molecule has 4 N–H and O–H groups in total. The number of carbonyl (C=O) groups is 1. The number of primary sulfonamides is 1. The molecule has 1 fully saturated rings. The lowest BCUT2D eigenvalue weighted by atomic mass is 9.79. The monoisotopic (exact) mass is 546 g/mol. The smallest absolute Gasteiger partial charge is 0.327 e. The fourth-order valence-electron chi connectivity index (χ4n) is 4.90. The number of nitrogens with one attached hydrogen (secondary N) is 2. The fourth-order valence-corrected chi connectivity index (χ4v) is 5.71. The Bertz CT molecular complexity index is 1440. The van der Waals surface area contributed by atoms with Gasteiger partial charge in [0.2, 0.25) is 15.8 Å². The van der Waals surface area contributed by atoms with Gasteiger partial charge in [0.15, 0.2) is 4.87 Å². The van der Waals surface area contributed by atoms with Crippen LogP contribution in [0.2, 0.25) is 0 Å². The molecule has 1 atom stereocenters. The topological polar surface area (TPSA) is 151 Å². The second-order valence-corrected chi connectivity index (χ2v) is 11.1. The Morgan fingerprint density at radius 3 is 2.42 bits per heavy atom. The Morgan fingerprint density at radius 1 is 1.11 bits per heavy atom. The highest BCUT2D eigenvalue weighted by atomic mass is 32.2. The number of alkyl halides is 3. The van der Waals surface area contributed by atoms with Crippen LogP contribution in [0.25, 0.3) is 5.57 Å². The average molecular weight is 547 g/mol. The molecular weight excluding hydrogens is 521 g/mol. The number of allylic oxidation sites excluding steroid dienone is 2. The lowest BCUT2D eigenvalue weighted by Gasteiger charge is -2.39. The summed E-state index contributed by atoms with van der Waals surface area (Å²) in [7, 11) is -4.46. The molecule has 0 bridgehead atoms. The van der Waals surface area contributed by atoms with Crippen molar-refractivity contribution >= 4 is 21.6 Å². The summed E-state index contributed by atoms with van der Waals surface area (Å²) in [5.41, 5.74) is -1.39. The van der Waals surface area contributed by atoms with Crippen LogP contribution in [-0.4, -0.2) is 29.3 Å². The molecule has 2 aliphatic carbocycles. The third kappa shape index (κ3) is 5.41. The molecule has 38 heavy (non-hydrogen) atoms. The predicted molar refractivity (Wildman–Crippen MR) is 132 cm³/mol. The van der Waals surface area contributed by atoms with Crippen LogP contribution >= 0.6 is 0 Å². The van der Waals surface area contributed by atoms with Gasteiger partial charge in [0, 0.05) is 12.6 Å². The lowest BCUT2D eigenvalue weighted by Crippen LogP contribution is -2.61. The zero-order valence-corrected chi connectivity index (χ0v) is 20.9. The quantitative estimate of drug-likeness (QED) is 0.518.